The highest BCUT2D eigenvalue weighted by Crippen LogP contribution is 2.15. The molecule has 23 heavy (non-hydrogen) atoms. The molecular weight excluding hydrogens is 360 g/mol. The second kappa shape index (κ2) is 8.33. The number of halogens is 1. The van der Waals surface area contributed by atoms with E-state index in [1.807, 2.05) is 13.0 Å². The summed E-state index contributed by atoms with van der Waals surface area (Å²) in [5.74, 6) is 0.152. The van der Waals surface area contributed by atoms with Gasteiger partial charge in [-0.3, -0.25) is 9.59 Å². The summed E-state index contributed by atoms with van der Waals surface area (Å²) in [5, 5.41) is 5.29. The van der Waals surface area contributed by atoms with Crippen LogP contribution in [0.4, 0.5) is 5.69 Å². The third-order valence-corrected chi connectivity index (χ3v) is 3.44. The van der Waals surface area contributed by atoms with Crippen LogP contribution >= 0.6 is 15.9 Å². The second-order valence-electron chi connectivity index (χ2n) is 4.70. The minimum Gasteiger partial charge on any atom is -0.494 e. The summed E-state index contributed by atoms with van der Waals surface area (Å²) >= 11 is 3.30. The van der Waals surface area contributed by atoms with Crippen LogP contribution in [0.3, 0.4) is 0 Å². The molecule has 0 aliphatic heterocycles. The van der Waals surface area contributed by atoms with Gasteiger partial charge in [-0.2, -0.15) is 0 Å². The Balaban J connectivity index is 1.84. The zero-order valence-electron chi connectivity index (χ0n) is 12.6. The van der Waals surface area contributed by atoms with Crippen molar-refractivity contribution < 1.29 is 14.3 Å². The van der Waals surface area contributed by atoms with E-state index in [1.54, 1.807) is 42.5 Å². The van der Waals surface area contributed by atoms with Crippen molar-refractivity contribution in [2.45, 2.75) is 6.92 Å². The van der Waals surface area contributed by atoms with Gasteiger partial charge in [-0.15, -0.1) is 0 Å². The third kappa shape index (κ3) is 5.41. The third-order valence-electron chi connectivity index (χ3n) is 2.95. The van der Waals surface area contributed by atoms with E-state index in [2.05, 4.69) is 26.6 Å². The Hall–Kier alpha value is -2.34. The van der Waals surface area contributed by atoms with Crippen molar-refractivity contribution in [1.29, 1.82) is 0 Å². The Morgan fingerprint density at radius 3 is 2.52 bits per heavy atom. The SMILES string of the molecule is CCOc1ccc(NC(=O)CNC(=O)c2cccc(Br)c2)cc1. The average Bonchev–Trinajstić information content (AvgIpc) is 2.55. The fourth-order valence-electron chi connectivity index (χ4n) is 1.90. The van der Waals surface area contributed by atoms with Gasteiger partial charge in [0.2, 0.25) is 5.91 Å². The number of carbonyl (C=O) groups excluding carboxylic acids is 2. The molecule has 120 valence electrons. The molecule has 0 spiro atoms. The highest BCUT2D eigenvalue weighted by Gasteiger charge is 2.08. The summed E-state index contributed by atoms with van der Waals surface area (Å²) in [6.45, 7) is 2.40. The first kappa shape index (κ1) is 17.0. The van der Waals surface area contributed by atoms with Crippen LogP contribution in [0.5, 0.6) is 5.75 Å². The molecule has 0 saturated carbocycles. The maximum absolute atomic E-state index is 11.9. The maximum Gasteiger partial charge on any atom is 0.251 e. The molecule has 0 unspecified atom stereocenters. The van der Waals surface area contributed by atoms with E-state index in [0.717, 1.165) is 10.2 Å². The molecule has 2 aromatic carbocycles. The number of carbonyl (C=O) groups is 2. The number of ether oxygens (including phenoxy) is 1. The highest BCUT2D eigenvalue weighted by atomic mass is 79.9. The molecule has 2 amide bonds. The van der Waals surface area contributed by atoms with Crippen molar-refractivity contribution in [2.24, 2.45) is 0 Å². The summed E-state index contributed by atoms with van der Waals surface area (Å²) < 4.78 is 6.14. The van der Waals surface area contributed by atoms with Crippen molar-refractivity contribution in [2.75, 3.05) is 18.5 Å². The van der Waals surface area contributed by atoms with Gasteiger partial charge in [0.05, 0.1) is 13.2 Å². The van der Waals surface area contributed by atoms with Gasteiger partial charge >= 0.3 is 0 Å². The molecule has 5 nitrogen and oxygen atoms in total. The number of hydrogen-bond acceptors (Lipinski definition) is 3. The number of benzene rings is 2. The van der Waals surface area contributed by atoms with E-state index in [1.165, 1.54) is 0 Å². The standard InChI is InChI=1S/C17H17BrN2O3/c1-2-23-15-8-6-14(7-9-15)20-16(21)11-19-17(22)12-4-3-5-13(18)10-12/h3-10H,2,11H2,1H3,(H,19,22)(H,20,21). The molecule has 0 heterocycles. The lowest BCUT2D eigenvalue weighted by atomic mass is 10.2. The fourth-order valence-corrected chi connectivity index (χ4v) is 2.30. The predicted octanol–water partition coefficient (Wildman–Crippen LogP) is 3.22. The smallest absolute Gasteiger partial charge is 0.251 e. The first-order valence-electron chi connectivity index (χ1n) is 7.15. The Morgan fingerprint density at radius 2 is 1.87 bits per heavy atom. The Morgan fingerprint density at radius 1 is 1.13 bits per heavy atom. The van der Waals surface area contributed by atoms with Gasteiger partial charge in [0.15, 0.2) is 0 Å². The molecular formula is C17H17BrN2O3. The van der Waals surface area contributed by atoms with Crippen molar-refractivity contribution in [1.82, 2.24) is 5.32 Å². The van der Waals surface area contributed by atoms with E-state index in [4.69, 9.17) is 4.74 Å². The topological polar surface area (TPSA) is 67.4 Å². The first-order valence-corrected chi connectivity index (χ1v) is 7.94. The summed E-state index contributed by atoms with van der Waals surface area (Å²) in [5.41, 5.74) is 1.14. The monoisotopic (exact) mass is 376 g/mol. The van der Waals surface area contributed by atoms with Crippen molar-refractivity contribution in [3.05, 3.63) is 58.6 Å². The van der Waals surface area contributed by atoms with Crippen molar-refractivity contribution in [3.8, 4) is 5.75 Å². The van der Waals surface area contributed by atoms with Crippen LogP contribution in [0.1, 0.15) is 17.3 Å². The number of anilines is 1. The van der Waals surface area contributed by atoms with Crippen LogP contribution in [-0.4, -0.2) is 25.0 Å². The Bertz CT molecular complexity index is 686. The van der Waals surface area contributed by atoms with Crippen molar-refractivity contribution in [3.63, 3.8) is 0 Å². The zero-order chi connectivity index (χ0) is 16.7. The van der Waals surface area contributed by atoms with E-state index < -0.39 is 0 Å². The van der Waals surface area contributed by atoms with Gasteiger partial charge in [0.25, 0.3) is 5.91 Å². The van der Waals surface area contributed by atoms with Gasteiger partial charge in [0, 0.05) is 15.7 Å². The number of rotatable bonds is 6. The molecule has 6 heteroatoms. The van der Waals surface area contributed by atoms with Crippen LogP contribution in [0, 0.1) is 0 Å². The van der Waals surface area contributed by atoms with E-state index in [0.29, 0.717) is 17.9 Å². The summed E-state index contributed by atoms with van der Waals surface area (Å²) in [4.78, 5) is 23.8. The van der Waals surface area contributed by atoms with Crippen LogP contribution in [0.15, 0.2) is 53.0 Å². The van der Waals surface area contributed by atoms with Crippen LogP contribution in [0.2, 0.25) is 0 Å². The van der Waals surface area contributed by atoms with E-state index >= 15 is 0 Å². The van der Waals surface area contributed by atoms with Gasteiger partial charge in [-0.05, 0) is 49.4 Å². The molecule has 0 atom stereocenters. The number of amides is 2. The number of hydrogen-bond donors (Lipinski definition) is 2. The molecule has 2 rings (SSSR count). The summed E-state index contributed by atoms with van der Waals surface area (Å²) in [7, 11) is 0. The predicted molar refractivity (Wildman–Crippen MR) is 92.7 cm³/mol. The zero-order valence-corrected chi connectivity index (χ0v) is 14.2. The lowest BCUT2D eigenvalue weighted by Gasteiger charge is -2.08. The molecule has 0 aliphatic carbocycles. The van der Waals surface area contributed by atoms with Gasteiger partial charge in [-0.1, -0.05) is 22.0 Å². The van der Waals surface area contributed by atoms with Crippen molar-refractivity contribution >= 4 is 33.4 Å². The van der Waals surface area contributed by atoms with Gasteiger partial charge in [-0.25, -0.2) is 0 Å². The summed E-state index contributed by atoms with van der Waals surface area (Å²) in [6.07, 6.45) is 0. The van der Waals surface area contributed by atoms with Gasteiger partial charge < -0.3 is 15.4 Å². The van der Waals surface area contributed by atoms with Crippen LogP contribution in [-0.2, 0) is 4.79 Å². The minimum absolute atomic E-state index is 0.0987. The van der Waals surface area contributed by atoms with Crippen LogP contribution < -0.4 is 15.4 Å². The summed E-state index contributed by atoms with van der Waals surface area (Å²) in [6, 6.07) is 14.0. The Labute approximate surface area is 143 Å². The molecule has 2 N–H and O–H groups in total. The average molecular weight is 377 g/mol. The van der Waals surface area contributed by atoms with Gasteiger partial charge in [0.1, 0.15) is 5.75 Å². The molecule has 0 aromatic heterocycles. The lowest BCUT2D eigenvalue weighted by molar-refractivity contribution is -0.115. The normalized spacial score (nSPS) is 10.0. The quantitative estimate of drug-likeness (QED) is 0.813. The molecule has 0 saturated heterocycles. The molecule has 2 aromatic rings. The number of nitrogens with one attached hydrogen (secondary N) is 2. The highest BCUT2D eigenvalue weighted by molar-refractivity contribution is 9.10. The molecule has 0 aliphatic rings. The second-order valence-corrected chi connectivity index (χ2v) is 5.61. The molecule has 0 bridgehead atoms. The van der Waals surface area contributed by atoms with E-state index in [9.17, 15) is 9.59 Å². The maximum atomic E-state index is 11.9. The van der Waals surface area contributed by atoms with Crippen LogP contribution in [0.25, 0.3) is 0 Å². The fraction of sp³-hybridized carbons (Fsp3) is 0.176. The Kier molecular flexibility index (Phi) is 6.17. The minimum atomic E-state index is -0.298. The molecule has 0 fully saturated rings. The molecule has 0 radical (unpaired) electrons. The lowest BCUT2D eigenvalue weighted by Crippen LogP contribution is -2.32. The largest absolute Gasteiger partial charge is 0.494 e. The first-order chi connectivity index (χ1) is 11.1. The van der Waals surface area contributed by atoms with E-state index in [-0.39, 0.29) is 18.4 Å².